The Kier molecular flexibility index (Phi) is 3.70. The monoisotopic (exact) mass is 250 g/mol. The highest BCUT2D eigenvalue weighted by atomic mass is 16.6. The van der Waals surface area contributed by atoms with Gasteiger partial charge in [0.05, 0.1) is 22.1 Å². The van der Waals surface area contributed by atoms with Crippen LogP contribution in [0.5, 0.6) is 0 Å². The molecule has 0 heterocycles. The van der Waals surface area contributed by atoms with Gasteiger partial charge in [0.25, 0.3) is 5.70 Å². The van der Waals surface area contributed by atoms with Crippen LogP contribution in [0.25, 0.3) is 11.8 Å². The van der Waals surface area contributed by atoms with Crippen LogP contribution in [0.2, 0.25) is 0 Å². The molecule has 2 aromatic rings. The van der Waals surface area contributed by atoms with E-state index < -0.39 is 4.92 Å². The predicted molar refractivity (Wildman–Crippen MR) is 72.5 cm³/mol. The summed E-state index contributed by atoms with van der Waals surface area (Å²) in [6.07, 6.45) is 1.42. The number of rotatable bonds is 3. The Morgan fingerprint density at radius 2 is 1.74 bits per heavy atom. The van der Waals surface area contributed by atoms with E-state index >= 15 is 0 Å². The predicted octanol–water partition coefficient (Wildman–Crippen LogP) is 3.33. The first-order valence-corrected chi connectivity index (χ1v) is 5.63. The minimum absolute atomic E-state index is 0.0247. The van der Waals surface area contributed by atoms with Crippen molar-refractivity contribution in [2.75, 3.05) is 0 Å². The van der Waals surface area contributed by atoms with Gasteiger partial charge in [-0.1, -0.05) is 36.4 Å². The van der Waals surface area contributed by atoms with Gasteiger partial charge in [-0.2, -0.15) is 5.26 Å². The molecule has 19 heavy (non-hydrogen) atoms. The molecule has 0 unspecified atom stereocenters. The van der Waals surface area contributed by atoms with Crippen LogP contribution in [0.4, 0.5) is 0 Å². The van der Waals surface area contributed by atoms with Gasteiger partial charge in [-0.25, -0.2) is 0 Å². The summed E-state index contributed by atoms with van der Waals surface area (Å²) in [6, 6.07) is 17.4. The van der Waals surface area contributed by atoms with E-state index in [4.69, 9.17) is 5.26 Å². The molecule has 0 saturated carbocycles. The molecule has 4 heteroatoms. The SMILES string of the molecule is N#Cc1ccccc1/C=C(\c1ccccc1)[N+](=O)[O-]. The number of benzene rings is 2. The molecule has 2 aromatic carbocycles. The Morgan fingerprint density at radius 3 is 2.37 bits per heavy atom. The first-order valence-electron chi connectivity index (χ1n) is 5.63. The van der Waals surface area contributed by atoms with Crippen molar-refractivity contribution in [2.24, 2.45) is 0 Å². The van der Waals surface area contributed by atoms with Gasteiger partial charge < -0.3 is 0 Å². The van der Waals surface area contributed by atoms with Gasteiger partial charge in [-0.15, -0.1) is 0 Å². The van der Waals surface area contributed by atoms with Crippen LogP contribution in [0.15, 0.2) is 54.6 Å². The molecule has 4 nitrogen and oxygen atoms in total. The molecule has 0 fully saturated rings. The van der Waals surface area contributed by atoms with Crippen molar-refractivity contribution in [3.63, 3.8) is 0 Å². The maximum atomic E-state index is 11.2. The first kappa shape index (κ1) is 12.5. The Hall–Kier alpha value is -2.93. The fourth-order valence-electron chi connectivity index (χ4n) is 1.72. The molecule has 0 aromatic heterocycles. The normalized spacial score (nSPS) is 10.8. The van der Waals surface area contributed by atoms with Crippen LogP contribution < -0.4 is 0 Å². The highest BCUT2D eigenvalue weighted by Crippen LogP contribution is 2.20. The lowest BCUT2D eigenvalue weighted by molar-refractivity contribution is -0.374. The average Bonchev–Trinajstić information content (AvgIpc) is 2.45. The van der Waals surface area contributed by atoms with Crippen LogP contribution in [0, 0.1) is 21.4 Å². The second kappa shape index (κ2) is 5.61. The van der Waals surface area contributed by atoms with Gasteiger partial charge in [0.1, 0.15) is 0 Å². The van der Waals surface area contributed by atoms with Crippen molar-refractivity contribution in [3.05, 3.63) is 81.4 Å². The van der Waals surface area contributed by atoms with E-state index in [1.54, 1.807) is 54.6 Å². The molecule has 0 saturated heterocycles. The van der Waals surface area contributed by atoms with E-state index in [-0.39, 0.29) is 5.70 Å². The summed E-state index contributed by atoms with van der Waals surface area (Å²) >= 11 is 0. The lowest BCUT2D eigenvalue weighted by Crippen LogP contribution is -1.98. The highest BCUT2D eigenvalue weighted by molar-refractivity contribution is 5.78. The zero-order valence-corrected chi connectivity index (χ0v) is 9.98. The van der Waals surface area contributed by atoms with E-state index in [1.807, 2.05) is 6.07 Å². The highest BCUT2D eigenvalue weighted by Gasteiger charge is 2.14. The maximum absolute atomic E-state index is 11.2. The fraction of sp³-hybridized carbons (Fsp3) is 0. The van der Waals surface area contributed by atoms with E-state index in [0.717, 1.165) is 0 Å². The molecular weight excluding hydrogens is 240 g/mol. The van der Waals surface area contributed by atoms with Crippen molar-refractivity contribution in [1.29, 1.82) is 5.26 Å². The minimum atomic E-state index is -0.441. The Labute approximate surface area is 110 Å². The summed E-state index contributed by atoms with van der Waals surface area (Å²) in [4.78, 5) is 10.7. The van der Waals surface area contributed by atoms with Crippen molar-refractivity contribution in [2.45, 2.75) is 0 Å². The van der Waals surface area contributed by atoms with Crippen molar-refractivity contribution >= 4 is 11.8 Å². The second-order valence-corrected chi connectivity index (χ2v) is 3.85. The van der Waals surface area contributed by atoms with E-state index in [1.165, 1.54) is 6.08 Å². The summed E-state index contributed by atoms with van der Waals surface area (Å²) in [6.45, 7) is 0. The number of nitriles is 1. The lowest BCUT2D eigenvalue weighted by Gasteiger charge is -2.00. The zero-order valence-electron chi connectivity index (χ0n) is 9.98. The molecule has 2 rings (SSSR count). The number of hydrogen-bond donors (Lipinski definition) is 0. The van der Waals surface area contributed by atoms with Gasteiger partial charge in [0, 0.05) is 6.08 Å². The van der Waals surface area contributed by atoms with Crippen LogP contribution in [-0.4, -0.2) is 4.92 Å². The molecule has 92 valence electrons. The summed E-state index contributed by atoms with van der Waals surface area (Å²) in [7, 11) is 0. The van der Waals surface area contributed by atoms with E-state index in [2.05, 4.69) is 0 Å². The fourth-order valence-corrected chi connectivity index (χ4v) is 1.72. The average molecular weight is 250 g/mol. The van der Waals surface area contributed by atoms with Gasteiger partial charge in [-0.3, -0.25) is 10.1 Å². The van der Waals surface area contributed by atoms with Gasteiger partial charge >= 0.3 is 0 Å². The lowest BCUT2D eigenvalue weighted by atomic mass is 10.0. The van der Waals surface area contributed by atoms with Gasteiger partial charge in [-0.05, 0) is 23.8 Å². The molecular formula is C15H10N2O2. The smallest absolute Gasteiger partial charge is 0.258 e. The van der Waals surface area contributed by atoms with E-state index in [0.29, 0.717) is 16.7 Å². The van der Waals surface area contributed by atoms with Crippen molar-refractivity contribution < 1.29 is 4.92 Å². The largest absolute Gasteiger partial charge is 0.277 e. The molecule has 0 aliphatic carbocycles. The van der Waals surface area contributed by atoms with Crippen LogP contribution in [0.1, 0.15) is 16.7 Å². The Morgan fingerprint density at radius 1 is 1.11 bits per heavy atom. The number of hydrogen-bond acceptors (Lipinski definition) is 3. The third kappa shape index (κ3) is 2.85. The molecule has 0 bridgehead atoms. The standard InChI is InChI=1S/C15H10N2O2/c16-11-14-9-5-4-8-13(14)10-15(17(18)19)12-6-2-1-3-7-12/h1-10H/b15-10+. The minimum Gasteiger partial charge on any atom is -0.258 e. The maximum Gasteiger partial charge on any atom is 0.277 e. The van der Waals surface area contributed by atoms with Gasteiger partial charge in [0.2, 0.25) is 0 Å². The van der Waals surface area contributed by atoms with Crippen LogP contribution >= 0.6 is 0 Å². The molecule has 0 aliphatic heterocycles. The van der Waals surface area contributed by atoms with Crippen molar-refractivity contribution in [1.82, 2.24) is 0 Å². The second-order valence-electron chi connectivity index (χ2n) is 3.85. The third-order valence-corrected chi connectivity index (χ3v) is 2.64. The summed E-state index contributed by atoms with van der Waals surface area (Å²) in [5, 5.41) is 20.1. The molecule has 0 radical (unpaired) electrons. The Balaban J connectivity index is 2.55. The zero-order chi connectivity index (χ0) is 13.7. The van der Waals surface area contributed by atoms with Gasteiger partial charge in [0.15, 0.2) is 0 Å². The topological polar surface area (TPSA) is 66.9 Å². The molecule has 0 amide bonds. The quantitative estimate of drug-likeness (QED) is 0.476. The summed E-state index contributed by atoms with van der Waals surface area (Å²) in [5.41, 5.74) is 1.45. The Bertz CT molecular complexity index is 670. The first-order chi connectivity index (χ1) is 9.22. The third-order valence-electron chi connectivity index (χ3n) is 2.64. The summed E-state index contributed by atoms with van der Waals surface area (Å²) < 4.78 is 0. The number of nitrogens with zero attached hydrogens (tertiary/aromatic N) is 2. The van der Waals surface area contributed by atoms with Crippen molar-refractivity contribution in [3.8, 4) is 6.07 Å². The van der Waals surface area contributed by atoms with Crippen LogP contribution in [0.3, 0.4) is 0 Å². The number of nitro groups is 1. The molecule has 0 aliphatic rings. The summed E-state index contributed by atoms with van der Waals surface area (Å²) in [5.74, 6) is 0. The molecule has 0 N–H and O–H groups in total. The molecule has 0 atom stereocenters. The van der Waals surface area contributed by atoms with Crippen LogP contribution in [-0.2, 0) is 0 Å². The van der Waals surface area contributed by atoms with E-state index in [9.17, 15) is 10.1 Å². The molecule has 0 spiro atoms.